The highest BCUT2D eigenvalue weighted by Gasteiger charge is 2.15. The van der Waals surface area contributed by atoms with Crippen molar-refractivity contribution in [3.05, 3.63) is 54.3 Å². The summed E-state index contributed by atoms with van der Waals surface area (Å²) < 4.78 is 24.9. The summed E-state index contributed by atoms with van der Waals surface area (Å²) in [5, 5.41) is 8.29. The van der Waals surface area contributed by atoms with Gasteiger partial charge in [-0.15, -0.1) is 10.2 Å². The molecule has 0 fully saturated rings. The minimum atomic E-state index is -0.449. The number of hydrogen-bond acceptors (Lipinski definition) is 7. The Bertz CT molecular complexity index is 913. The van der Waals surface area contributed by atoms with Gasteiger partial charge in [-0.05, 0) is 55.5 Å². The molecule has 0 saturated heterocycles. The first-order valence-electron chi connectivity index (χ1n) is 8.09. The Morgan fingerprint density at radius 1 is 1.11 bits per heavy atom. The number of rotatable bonds is 7. The van der Waals surface area contributed by atoms with Gasteiger partial charge >= 0.3 is 5.97 Å². The molecule has 2 aromatic carbocycles. The van der Waals surface area contributed by atoms with Crippen molar-refractivity contribution in [3.8, 4) is 22.9 Å². The number of carbonyl (C=O) groups excluding carboxylic acids is 1. The molecule has 9 heteroatoms. The van der Waals surface area contributed by atoms with Gasteiger partial charge in [0.1, 0.15) is 17.3 Å². The van der Waals surface area contributed by atoms with Gasteiger partial charge in [0.2, 0.25) is 5.16 Å². The number of hydrogen-bond donors (Lipinski definition) is 1. The lowest BCUT2D eigenvalue weighted by Gasteiger charge is -2.06. The predicted molar refractivity (Wildman–Crippen MR) is 99.5 cm³/mol. The predicted octanol–water partition coefficient (Wildman–Crippen LogP) is 2.89. The van der Waals surface area contributed by atoms with Crippen LogP contribution in [0.1, 0.15) is 6.92 Å². The van der Waals surface area contributed by atoms with Gasteiger partial charge in [0.05, 0.1) is 12.4 Å². The molecule has 0 saturated carbocycles. The van der Waals surface area contributed by atoms with E-state index in [0.29, 0.717) is 34.7 Å². The standard InChI is InChI=1S/C18H17FN4O3S/c1-2-25-14-7-9-15(10-8-14)26-16(24)11-27-18-22-21-17(23(18)20)12-3-5-13(19)6-4-12/h3-10H,2,11,20H2,1H3. The van der Waals surface area contributed by atoms with Gasteiger partial charge < -0.3 is 15.3 Å². The number of nitrogen functional groups attached to an aromatic ring is 1. The summed E-state index contributed by atoms with van der Waals surface area (Å²) in [5.74, 6) is 6.67. The molecule has 140 valence electrons. The maximum Gasteiger partial charge on any atom is 0.321 e. The number of carbonyl (C=O) groups is 1. The summed E-state index contributed by atoms with van der Waals surface area (Å²) in [6, 6.07) is 12.5. The molecule has 27 heavy (non-hydrogen) atoms. The van der Waals surface area contributed by atoms with E-state index < -0.39 is 5.97 Å². The molecule has 0 amide bonds. The number of aromatic nitrogens is 3. The molecule has 2 N–H and O–H groups in total. The number of thioether (sulfide) groups is 1. The molecule has 0 atom stereocenters. The van der Waals surface area contributed by atoms with Crippen molar-refractivity contribution in [1.29, 1.82) is 0 Å². The number of nitrogens with zero attached hydrogens (tertiary/aromatic N) is 3. The Hall–Kier alpha value is -3.07. The van der Waals surface area contributed by atoms with Crippen LogP contribution >= 0.6 is 11.8 Å². The van der Waals surface area contributed by atoms with Crippen molar-refractivity contribution >= 4 is 17.7 Å². The highest BCUT2D eigenvalue weighted by molar-refractivity contribution is 7.99. The molecule has 0 spiro atoms. The number of halogens is 1. The van der Waals surface area contributed by atoms with Crippen LogP contribution in [-0.4, -0.2) is 33.2 Å². The molecule has 1 heterocycles. The van der Waals surface area contributed by atoms with Gasteiger partial charge in [0, 0.05) is 5.56 Å². The average Bonchev–Trinajstić information content (AvgIpc) is 3.03. The molecule has 0 aliphatic heterocycles. The Morgan fingerprint density at radius 3 is 2.44 bits per heavy atom. The Morgan fingerprint density at radius 2 is 1.78 bits per heavy atom. The fraction of sp³-hybridized carbons (Fsp3) is 0.167. The van der Waals surface area contributed by atoms with E-state index in [-0.39, 0.29) is 11.6 Å². The van der Waals surface area contributed by atoms with Crippen molar-refractivity contribution in [1.82, 2.24) is 14.9 Å². The molecule has 3 rings (SSSR count). The van der Waals surface area contributed by atoms with Gasteiger partial charge in [0.15, 0.2) is 5.82 Å². The van der Waals surface area contributed by atoms with Crippen LogP contribution in [0.15, 0.2) is 53.7 Å². The zero-order valence-electron chi connectivity index (χ0n) is 14.5. The lowest BCUT2D eigenvalue weighted by Crippen LogP contribution is -2.14. The van der Waals surface area contributed by atoms with Gasteiger partial charge in [-0.3, -0.25) is 4.79 Å². The second-order valence-electron chi connectivity index (χ2n) is 5.35. The Labute approximate surface area is 159 Å². The smallest absolute Gasteiger partial charge is 0.321 e. The monoisotopic (exact) mass is 388 g/mol. The van der Waals surface area contributed by atoms with Crippen molar-refractivity contribution in [3.63, 3.8) is 0 Å². The lowest BCUT2D eigenvalue weighted by molar-refractivity contribution is -0.131. The fourth-order valence-electron chi connectivity index (χ4n) is 2.23. The minimum absolute atomic E-state index is 0.00592. The zero-order valence-corrected chi connectivity index (χ0v) is 15.3. The van der Waals surface area contributed by atoms with Crippen molar-refractivity contribution in [2.45, 2.75) is 12.1 Å². The highest BCUT2D eigenvalue weighted by atomic mass is 32.2. The van der Waals surface area contributed by atoms with Crippen LogP contribution in [0.5, 0.6) is 11.5 Å². The molecule has 0 unspecified atom stereocenters. The van der Waals surface area contributed by atoms with Gasteiger partial charge in [-0.25, -0.2) is 9.07 Å². The molecular formula is C18H17FN4O3S. The number of nitrogens with two attached hydrogens (primary N) is 1. The third-order valence-electron chi connectivity index (χ3n) is 3.45. The average molecular weight is 388 g/mol. The summed E-state index contributed by atoms with van der Waals surface area (Å²) in [4.78, 5) is 12.0. The highest BCUT2D eigenvalue weighted by Crippen LogP contribution is 2.23. The van der Waals surface area contributed by atoms with Gasteiger partial charge in [-0.1, -0.05) is 11.8 Å². The largest absolute Gasteiger partial charge is 0.494 e. The zero-order chi connectivity index (χ0) is 19.2. The van der Waals surface area contributed by atoms with Crippen molar-refractivity contribution < 1.29 is 18.7 Å². The number of esters is 1. The number of benzene rings is 2. The molecule has 7 nitrogen and oxygen atoms in total. The Balaban J connectivity index is 1.58. The molecule has 3 aromatic rings. The molecule has 0 radical (unpaired) electrons. The van der Waals surface area contributed by atoms with E-state index in [2.05, 4.69) is 10.2 Å². The van der Waals surface area contributed by atoms with E-state index in [1.165, 1.54) is 16.8 Å². The van der Waals surface area contributed by atoms with Crippen molar-refractivity contribution in [2.24, 2.45) is 0 Å². The van der Waals surface area contributed by atoms with Crippen molar-refractivity contribution in [2.75, 3.05) is 18.2 Å². The second kappa shape index (κ2) is 8.54. The maximum atomic E-state index is 13.0. The normalized spacial score (nSPS) is 10.6. The lowest BCUT2D eigenvalue weighted by atomic mass is 10.2. The topological polar surface area (TPSA) is 92.3 Å². The fourth-order valence-corrected chi connectivity index (χ4v) is 2.86. The molecular weight excluding hydrogens is 371 g/mol. The van der Waals surface area contributed by atoms with E-state index in [1.54, 1.807) is 36.4 Å². The second-order valence-corrected chi connectivity index (χ2v) is 6.29. The summed E-state index contributed by atoms with van der Waals surface area (Å²) in [6.45, 7) is 2.46. The van der Waals surface area contributed by atoms with Crippen LogP contribution < -0.4 is 15.3 Å². The quantitative estimate of drug-likeness (QED) is 0.288. The third-order valence-corrected chi connectivity index (χ3v) is 4.37. The Kier molecular flexibility index (Phi) is 5.92. The first kappa shape index (κ1) is 18.7. The maximum absolute atomic E-state index is 13.0. The van der Waals surface area contributed by atoms with Crippen LogP contribution in [0.4, 0.5) is 4.39 Å². The van der Waals surface area contributed by atoms with E-state index in [1.807, 2.05) is 6.92 Å². The van der Waals surface area contributed by atoms with Crippen LogP contribution in [0, 0.1) is 5.82 Å². The van der Waals surface area contributed by atoms with Crippen LogP contribution in [0.3, 0.4) is 0 Å². The van der Waals surface area contributed by atoms with Crippen LogP contribution in [0.25, 0.3) is 11.4 Å². The van der Waals surface area contributed by atoms with E-state index in [4.69, 9.17) is 15.3 Å². The molecule has 1 aromatic heterocycles. The van der Waals surface area contributed by atoms with Gasteiger partial charge in [0.25, 0.3) is 0 Å². The molecule has 0 bridgehead atoms. The summed E-state index contributed by atoms with van der Waals surface area (Å²) in [7, 11) is 0. The van der Waals surface area contributed by atoms with Crippen LogP contribution in [-0.2, 0) is 4.79 Å². The number of ether oxygens (including phenoxy) is 2. The SMILES string of the molecule is CCOc1ccc(OC(=O)CSc2nnc(-c3ccc(F)cc3)n2N)cc1. The van der Waals surface area contributed by atoms with Crippen LogP contribution in [0.2, 0.25) is 0 Å². The third kappa shape index (κ3) is 4.76. The summed E-state index contributed by atoms with van der Waals surface area (Å²) in [6.07, 6.45) is 0. The summed E-state index contributed by atoms with van der Waals surface area (Å²) >= 11 is 1.10. The van der Waals surface area contributed by atoms with Gasteiger partial charge in [-0.2, -0.15) is 0 Å². The van der Waals surface area contributed by atoms with E-state index in [9.17, 15) is 9.18 Å². The molecule has 0 aliphatic rings. The minimum Gasteiger partial charge on any atom is -0.494 e. The molecule has 0 aliphatic carbocycles. The first-order chi connectivity index (χ1) is 13.1. The van der Waals surface area contributed by atoms with E-state index in [0.717, 1.165) is 11.8 Å². The summed E-state index contributed by atoms with van der Waals surface area (Å²) in [5.41, 5.74) is 0.621. The first-order valence-corrected chi connectivity index (χ1v) is 9.08. The van der Waals surface area contributed by atoms with E-state index >= 15 is 0 Å².